The molecule has 100 valence electrons. The van der Waals surface area contributed by atoms with Gasteiger partial charge in [-0.05, 0) is 24.2 Å². The number of nitrogens with one attached hydrogen (secondary N) is 1. The Hall–Kier alpha value is -0.770. The average molecular weight is 289 g/mol. The minimum absolute atomic E-state index is 0.113. The second-order valence-corrected chi connectivity index (χ2v) is 4.92. The molecule has 0 bridgehead atoms. The van der Waals surface area contributed by atoms with Gasteiger partial charge in [-0.1, -0.05) is 36.2 Å². The van der Waals surface area contributed by atoms with Gasteiger partial charge in [-0.15, -0.1) is 0 Å². The Morgan fingerprint density at radius 1 is 1.33 bits per heavy atom. The molecule has 0 saturated heterocycles. The zero-order chi connectivity index (χ0) is 13.5. The molecule has 1 amide bonds. The molecule has 1 aromatic carbocycles. The Bertz CT molecular complexity index is 410. The molecular formula is C13H18Cl2N2O. The summed E-state index contributed by atoms with van der Waals surface area (Å²) in [7, 11) is 1.79. The number of halogens is 2. The number of hydrogen-bond donors (Lipinski definition) is 1. The molecule has 0 heterocycles. The van der Waals surface area contributed by atoms with Crippen molar-refractivity contribution in [1.29, 1.82) is 0 Å². The normalized spacial score (nSPS) is 10.4. The van der Waals surface area contributed by atoms with Crippen molar-refractivity contribution in [2.75, 3.05) is 20.1 Å². The zero-order valence-corrected chi connectivity index (χ0v) is 12.2. The number of hydrogen-bond acceptors (Lipinski definition) is 2. The molecule has 0 aliphatic heterocycles. The molecule has 1 N–H and O–H groups in total. The third-order valence-corrected chi connectivity index (χ3v) is 3.33. The van der Waals surface area contributed by atoms with E-state index < -0.39 is 0 Å². The maximum atomic E-state index is 11.8. The van der Waals surface area contributed by atoms with Gasteiger partial charge >= 0.3 is 0 Å². The first kappa shape index (κ1) is 15.3. The highest BCUT2D eigenvalue weighted by Gasteiger charge is 2.09. The number of carbonyl (C=O) groups is 1. The molecule has 0 unspecified atom stereocenters. The molecule has 0 aliphatic carbocycles. The fourth-order valence-electron chi connectivity index (χ4n) is 1.56. The average Bonchev–Trinajstić information content (AvgIpc) is 2.34. The minimum atomic E-state index is 0.113. The van der Waals surface area contributed by atoms with E-state index in [4.69, 9.17) is 23.2 Å². The lowest BCUT2D eigenvalue weighted by molar-refractivity contribution is -0.130. The molecule has 1 aromatic rings. The minimum Gasteiger partial charge on any atom is -0.341 e. The summed E-state index contributed by atoms with van der Waals surface area (Å²) in [6, 6.07) is 5.41. The van der Waals surface area contributed by atoms with Crippen LogP contribution >= 0.6 is 23.2 Å². The summed E-state index contributed by atoms with van der Waals surface area (Å²) in [5.41, 5.74) is 0.976. The van der Waals surface area contributed by atoms with Crippen LogP contribution in [0.25, 0.3) is 0 Å². The molecule has 0 aliphatic rings. The number of nitrogens with zero attached hydrogens (tertiary/aromatic N) is 1. The van der Waals surface area contributed by atoms with E-state index in [0.717, 1.165) is 12.1 Å². The van der Waals surface area contributed by atoms with Crippen LogP contribution in [0.2, 0.25) is 10.0 Å². The lowest BCUT2D eigenvalue weighted by Crippen LogP contribution is -2.29. The first-order valence-corrected chi connectivity index (χ1v) is 6.68. The number of benzene rings is 1. The van der Waals surface area contributed by atoms with Crippen molar-refractivity contribution >= 4 is 29.1 Å². The second-order valence-electron chi connectivity index (χ2n) is 4.10. The monoisotopic (exact) mass is 288 g/mol. The molecule has 0 spiro atoms. The highest BCUT2D eigenvalue weighted by atomic mass is 35.5. The fourth-order valence-corrected chi connectivity index (χ4v) is 1.88. The van der Waals surface area contributed by atoms with E-state index >= 15 is 0 Å². The van der Waals surface area contributed by atoms with Gasteiger partial charge in [-0.2, -0.15) is 0 Å². The number of amides is 1. The van der Waals surface area contributed by atoms with E-state index in [-0.39, 0.29) is 5.91 Å². The van der Waals surface area contributed by atoms with Crippen LogP contribution in [0, 0.1) is 0 Å². The third-order valence-electron chi connectivity index (χ3n) is 2.60. The van der Waals surface area contributed by atoms with Crippen molar-refractivity contribution in [1.82, 2.24) is 10.2 Å². The summed E-state index contributed by atoms with van der Waals surface area (Å²) in [5, 5.41) is 4.17. The van der Waals surface area contributed by atoms with Gasteiger partial charge in [-0.25, -0.2) is 0 Å². The van der Waals surface area contributed by atoms with E-state index in [1.807, 2.05) is 13.0 Å². The predicted molar refractivity (Wildman–Crippen MR) is 76.1 cm³/mol. The highest BCUT2D eigenvalue weighted by Crippen LogP contribution is 2.23. The smallest absolute Gasteiger partial charge is 0.223 e. The molecule has 0 radical (unpaired) electrons. The highest BCUT2D eigenvalue weighted by molar-refractivity contribution is 6.42. The summed E-state index contributed by atoms with van der Waals surface area (Å²) in [4.78, 5) is 13.5. The Labute approximate surface area is 118 Å². The molecule has 0 saturated carbocycles. The van der Waals surface area contributed by atoms with Gasteiger partial charge < -0.3 is 10.2 Å². The van der Waals surface area contributed by atoms with Gasteiger partial charge in [0.05, 0.1) is 10.0 Å². The van der Waals surface area contributed by atoms with Gasteiger partial charge in [-0.3, -0.25) is 4.79 Å². The van der Waals surface area contributed by atoms with Crippen LogP contribution in [0.5, 0.6) is 0 Å². The summed E-state index contributed by atoms with van der Waals surface area (Å²) in [6.07, 6.45) is 0.506. The van der Waals surface area contributed by atoms with Crippen LogP contribution in [0.1, 0.15) is 18.9 Å². The van der Waals surface area contributed by atoms with E-state index in [0.29, 0.717) is 29.6 Å². The third kappa shape index (κ3) is 4.84. The van der Waals surface area contributed by atoms with Crippen molar-refractivity contribution in [2.45, 2.75) is 19.9 Å². The molecule has 1 rings (SSSR count). The maximum Gasteiger partial charge on any atom is 0.223 e. The Balaban J connectivity index is 2.50. The molecular weight excluding hydrogens is 271 g/mol. The molecule has 0 fully saturated rings. The Morgan fingerprint density at radius 3 is 2.67 bits per heavy atom. The van der Waals surface area contributed by atoms with Crippen molar-refractivity contribution in [2.24, 2.45) is 0 Å². The fraction of sp³-hybridized carbons (Fsp3) is 0.462. The quantitative estimate of drug-likeness (QED) is 0.817. The Morgan fingerprint density at radius 2 is 2.06 bits per heavy atom. The van der Waals surface area contributed by atoms with Gasteiger partial charge in [0.25, 0.3) is 0 Å². The van der Waals surface area contributed by atoms with Gasteiger partial charge in [0.1, 0.15) is 0 Å². The van der Waals surface area contributed by atoms with Crippen LogP contribution in [-0.4, -0.2) is 30.9 Å². The summed E-state index contributed by atoms with van der Waals surface area (Å²) >= 11 is 11.8. The van der Waals surface area contributed by atoms with Gasteiger partial charge in [0, 0.05) is 26.6 Å². The van der Waals surface area contributed by atoms with Crippen LogP contribution in [0.4, 0.5) is 0 Å². The van der Waals surface area contributed by atoms with Crippen LogP contribution < -0.4 is 5.32 Å². The maximum absolute atomic E-state index is 11.8. The summed E-state index contributed by atoms with van der Waals surface area (Å²) in [5.74, 6) is 0.113. The largest absolute Gasteiger partial charge is 0.341 e. The van der Waals surface area contributed by atoms with Crippen LogP contribution in [-0.2, 0) is 11.3 Å². The van der Waals surface area contributed by atoms with Gasteiger partial charge in [0.15, 0.2) is 0 Å². The first-order valence-electron chi connectivity index (χ1n) is 5.93. The number of carbonyl (C=O) groups excluding carboxylic acids is 1. The molecule has 5 heteroatoms. The predicted octanol–water partition coefficient (Wildman–Crippen LogP) is 2.95. The van der Waals surface area contributed by atoms with Crippen molar-refractivity contribution < 1.29 is 4.79 Å². The van der Waals surface area contributed by atoms with E-state index in [1.165, 1.54) is 0 Å². The van der Waals surface area contributed by atoms with Crippen LogP contribution in [0.15, 0.2) is 18.2 Å². The van der Waals surface area contributed by atoms with Crippen molar-refractivity contribution in [3.8, 4) is 0 Å². The zero-order valence-electron chi connectivity index (χ0n) is 10.7. The van der Waals surface area contributed by atoms with E-state index in [2.05, 4.69) is 5.32 Å². The Kier molecular flexibility index (Phi) is 6.47. The molecule has 0 atom stereocenters. The number of rotatable bonds is 6. The topological polar surface area (TPSA) is 32.3 Å². The lowest BCUT2D eigenvalue weighted by Gasteiger charge is -2.17. The molecule has 3 nitrogen and oxygen atoms in total. The second kappa shape index (κ2) is 7.62. The van der Waals surface area contributed by atoms with Crippen molar-refractivity contribution in [3.05, 3.63) is 33.8 Å². The first-order chi connectivity index (χ1) is 8.54. The van der Waals surface area contributed by atoms with Crippen molar-refractivity contribution in [3.63, 3.8) is 0 Å². The lowest BCUT2D eigenvalue weighted by atomic mass is 10.2. The van der Waals surface area contributed by atoms with Crippen LogP contribution in [0.3, 0.4) is 0 Å². The van der Waals surface area contributed by atoms with E-state index in [9.17, 15) is 4.79 Å². The van der Waals surface area contributed by atoms with E-state index in [1.54, 1.807) is 24.1 Å². The molecule has 18 heavy (non-hydrogen) atoms. The van der Waals surface area contributed by atoms with Gasteiger partial charge in [0.2, 0.25) is 5.91 Å². The molecule has 0 aromatic heterocycles. The SMILES string of the molecule is CCNCCC(=O)N(C)Cc1ccc(Cl)c(Cl)c1. The summed E-state index contributed by atoms with van der Waals surface area (Å²) in [6.45, 7) is 4.15. The standard InChI is InChI=1S/C13H18Cl2N2O/c1-3-16-7-6-13(18)17(2)9-10-4-5-11(14)12(15)8-10/h4-5,8,16H,3,6-7,9H2,1-2H3. The summed E-state index contributed by atoms with van der Waals surface area (Å²) < 4.78 is 0.